The van der Waals surface area contributed by atoms with Gasteiger partial charge in [-0.2, -0.15) is 0 Å². The van der Waals surface area contributed by atoms with Crippen LogP contribution in [0.5, 0.6) is 5.75 Å². The van der Waals surface area contributed by atoms with Gasteiger partial charge in [0.25, 0.3) is 0 Å². The van der Waals surface area contributed by atoms with Gasteiger partial charge in [-0.3, -0.25) is 5.32 Å². The van der Waals surface area contributed by atoms with Crippen LogP contribution in [0.25, 0.3) is 0 Å². The Morgan fingerprint density at radius 2 is 2.14 bits per heavy atom. The van der Waals surface area contributed by atoms with E-state index in [2.05, 4.69) is 5.32 Å². The zero-order valence-electron chi connectivity index (χ0n) is 11.7. The molecule has 0 heterocycles. The Balaban J connectivity index is 1.89. The summed E-state index contributed by atoms with van der Waals surface area (Å²) >= 11 is 18.0. The van der Waals surface area contributed by atoms with E-state index in [1.807, 2.05) is 0 Å². The molecular formula is C14H16Cl3NO3. The van der Waals surface area contributed by atoms with Crippen LogP contribution in [0.15, 0.2) is 18.2 Å². The fourth-order valence-electron chi connectivity index (χ4n) is 1.70. The second-order valence-corrected chi connectivity index (χ2v) is 7.15. The molecule has 0 radical (unpaired) electrons. The first-order valence-corrected chi connectivity index (χ1v) is 7.69. The van der Waals surface area contributed by atoms with Crippen molar-refractivity contribution in [3.8, 4) is 5.75 Å². The number of carbonyl (C=O) groups excluding carboxylic acids is 1. The molecule has 1 aliphatic carbocycles. The molecule has 116 valence electrons. The van der Waals surface area contributed by atoms with E-state index in [0.29, 0.717) is 29.5 Å². The Morgan fingerprint density at radius 1 is 1.48 bits per heavy atom. The van der Waals surface area contributed by atoms with Crippen LogP contribution in [-0.2, 0) is 4.74 Å². The van der Waals surface area contributed by atoms with Crippen molar-refractivity contribution in [1.29, 1.82) is 0 Å². The first-order chi connectivity index (χ1) is 9.78. The number of hydrogen-bond acceptors (Lipinski definition) is 3. The van der Waals surface area contributed by atoms with Crippen LogP contribution in [0.1, 0.15) is 20.3 Å². The Hall–Kier alpha value is -0.840. The second kappa shape index (κ2) is 6.51. The number of nitrogens with one attached hydrogen (secondary N) is 1. The molecule has 1 fully saturated rings. The molecule has 7 heteroatoms. The van der Waals surface area contributed by atoms with Gasteiger partial charge in [0.2, 0.25) is 0 Å². The molecule has 0 spiro atoms. The number of halogens is 3. The largest absolute Gasteiger partial charge is 0.492 e. The van der Waals surface area contributed by atoms with E-state index >= 15 is 0 Å². The molecule has 1 atom stereocenters. The van der Waals surface area contributed by atoms with Gasteiger partial charge >= 0.3 is 6.09 Å². The third-order valence-corrected chi connectivity index (χ3v) is 4.14. The molecule has 1 aliphatic rings. The lowest BCUT2D eigenvalue weighted by Gasteiger charge is -2.12. The van der Waals surface area contributed by atoms with Crippen molar-refractivity contribution < 1.29 is 14.3 Å². The molecule has 4 nitrogen and oxygen atoms in total. The van der Waals surface area contributed by atoms with E-state index < -0.39 is 10.4 Å². The molecular weight excluding hydrogens is 337 g/mol. The van der Waals surface area contributed by atoms with E-state index in [9.17, 15) is 4.79 Å². The van der Waals surface area contributed by atoms with Crippen LogP contribution in [0.3, 0.4) is 0 Å². The number of rotatable bonds is 5. The fourth-order valence-corrected chi connectivity index (χ4v) is 2.43. The third-order valence-electron chi connectivity index (χ3n) is 2.92. The van der Waals surface area contributed by atoms with Gasteiger partial charge in [-0.25, -0.2) is 4.79 Å². The van der Waals surface area contributed by atoms with Crippen molar-refractivity contribution >= 4 is 46.6 Å². The minimum absolute atomic E-state index is 0.121. The highest BCUT2D eigenvalue weighted by atomic mass is 35.5. The summed E-state index contributed by atoms with van der Waals surface area (Å²) in [7, 11) is 0. The highest BCUT2D eigenvalue weighted by Gasteiger charge is 2.52. The number of amides is 1. The van der Waals surface area contributed by atoms with Crippen LogP contribution >= 0.6 is 34.8 Å². The van der Waals surface area contributed by atoms with Crippen molar-refractivity contribution in [2.45, 2.75) is 30.7 Å². The summed E-state index contributed by atoms with van der Waals surface area (Å²) in [5.74, 6) is 0.645. The lowest BCUT2D eigenvalue weighted by atomic mass is 10.3. The molecule has 1 N–H and O–H groups in total. The summed E-state index contributed by atoms with van der Waals surface area (Å²) in [6.45, 7) is 3.96. The molecule has 1 aromatic carbocycles. The van der Waals surface area contributed by atoms with Gasteiger partial charge in [-0.1, -0.05) is 11.6 Å². The molecule has 21 heavy (non-hydrogen) atoms. The summed E-state index contributed by atoms with van der Waals surface area (Å²) in [6.07, 6.45) is 0.00350. The number of carbonyl (C=O) groups is 1. The molecule has 0 aromatic heterocycles. The van der Waals surface area contributed by atoms with Crippen molar-refractivity contribution in [3.05, 3.63) is 23.2 Å². The summed E-state index contributed by atoms with van der Waals surface area (Å²) in [5, 5.41) is 2.98. The van der Waals surface area contributed by atoms with Crippen LogP contribution in [0.4, 0.5) is 10.5 Å². The van der Waals surface area contributed by atoms with Crippen LogP contribution in [-0.4, -0.2) is 23.1 Å². The highest BCUT2D eigenvalue weighted by molar-refractivity contribution is 6.50. The van der Waals surface area contributed by atoms with Gasteiger partial charge in [0.1, 0.15) is 10.1 Å². The van der Waals surface area contributed by atoms with E-state index in [4.69, 9.17) is 44.3 Å². The summed E-state index contributed by atoms with van der Waals surface area (Å²) in [6, 6.07) is 4.96. The molecule has 1 aromatic rings. The van der Waals surface area contributed by atoms with Crippen LogP contribution in [0.2, 0.25) is 5.02 Å². The number of alkyl halides is 2. The monoisotopic (exact) mass is 351 g/mol. The van der Waals surface area contributed by atoms with Gasteiger partial charge < -0.3 is 9.47 Å². The summed E-state index contributed by atoms with van der Waals surface area (Å²) in [5.41, 5.74) is 0.536. The smallest absolute Gasteiger partial charge is 0.411 e. The van der Waals surface area contributed by atoms with Gasteiger partial charge in [-0.05, 0) is 38.5 Å². The average Bonchev–Trinajstić information content (AvgIpc) is 2.94. The topological polar surface area (TPSA) is 47.6 Å². The van der Waals surface area contributed by atoms with Crippen molar-refractivity contribution in [3.63, 3.8) is 0 Å². The number of hydrogen-bond donors (Lipinski definition) is 1. The SMILES string of the molecule is CC(C)OC(=O)Nc1ccc(OCC2CC2(Cl)Cl)c(Cl)c1. The zero-order valence-corrected chi connectivity index (χ0v) is 13.9. The molecule has 2 rings (SSSR count). The molecule has 0 aliphatic heterocycles. The lowest BCUT2D eigenvalue weighted by molar-refractivity contribution is 0.130. The third kappa shape index (κ3) is 4.83. The molecule has 1 saturated carbocycles. The Bertz CT molecular complexity index is 534. The first kappa shape index (κ1) is 16.5. The minimum Gasteiger partial charge on any atom is -0.492 e. The van der Waals surface area contributed by atoms with Crippen LogP contribution < -0.4 is 10.1 Å². The maximum absolute atomic E-state index is 11.5. The van der Waals surface area contributed by atoms with Gasteiger partial charge in [0.05, 0.1) is 17.7 Å². The summed E-state index contributed by atoms with van der Waals surface area (Å²) < 4.78 is 9.88. The Kier molecular flexibility index (Phi) is 5.12. The Morgan fingerprint density at radius 3 is 2.67 bits per heavy atom. The number of ether oxygens (including phenoxy) is 2. The van der Waals surface area contributed by atoms with Crippen molar-refractivity contribution in [2.75, 3.05) is 11.9 Å². The standard InChI is InChI=1S/C14H16Cl3NO3/c1-8(2)21-13(19)18-10-3-4-12(11(15)5-10)20-7-9-6-14(9,16)17/h3-5,8-9H,6-7H2,1-2H3,(H,18,19). The maximum Gasteiger partial charge on any atom is 0.411 e. The molecule has 0 bridgehead atoms. The maximum atomic E-state index is 11.5. The highest BCUT2D eigenvalue weighted by Crippen LogP contribution is 2.53. The summed E-state index contributed by atoms with van der Waals surface area (Å²) in [4.78, 5) is 11.5. The van der Waals surface area contributed by atoms with Gasteiger partial charge in [-0.15, -0.1) is 23.2 Å². The quantitative estimate of drug-likeness (QED) is 0.769. The van der Waals surface area contributed by atoms with Crippen LogP contribution in [0, 0.1) is 5.92 Å². The molecule has 1 amide bonds. The van der Waals surface area contributed by atoms with E-state index in [-0.39, 0.29) is 12.0 Å². The number of benzene rings is 1. The van der Waals surface area contributed by atoms with E-state index in [1.165, 1.54) is 0 Å². The average molecular weight is 353 g/mol. The fraction of sp³-hybridized carbons (Fsp3) is 0.500. The predicted molar refractivity (Wildman–Crippen MR) is 84.7 cm³/mol. The molecule has 1 unspecified atom stereocenters. The predicted octanol–water partition coefficient (Wildman–Crippen LogP) is 4.87. The number of anilines is 1. The van der Waals surface area contributed by atoms with E-state index in [1.54, 1.807) is 32.0 Å². The van der Waals surface area contributed by atoms with Crippen molar-refractivity contribution in [1.82, 2.24) is 0 Å². The minimum atomic E-state index is -0.672. The van der Waals surface area contributed by atoms with Gasteiger partial charge in [0.15, 0.2) is 0 Å². The van der Waals surface area contributed by atoms with Gasteiger partial charge in [0, 0.05) is 11.6 Å². The normalized spacial score (nSPS) is 19.2. The van der Waals surface area contributed by atoms with Crippen molar-refractivity contribution in [2.24, 2.45) is 5.92 Å². The lowest BCUT2D eigenvalue weighted by Crippen LogP contribution is -2.17. The zero-order chi connectivity index (χ0) is 15.6. The second-order valence-electron chi connectivity index (χ2n) is 5.20. The Labute approximate surface area is 138 Å². The first-order valence-electron chi connectivity index (χ1n) is 6.56. The molecule has 0 saturated heterocycles. The van der Waals surface area contributed by atoms with E-state index in [0.717, 1.165) is 0 Å².